The quantitative estimate of drug-likeness (QED) is 0.647. The van der Waals surface area contributed by atoms with Crippen molar-refractivity contribution in [1.29, 1.82) is 0 Å². The summed E-state index contributed by atoms with van der Waals surface area (Å²) in [6, 6.07) is 3.90. The highest BCUT2D eigenvalue weighted by atomic mass is 32.2. The van der Waals surface area contributed by atoms with Crippen LogP contribution in [0.2, 0.25) is 0 Å². The number of hydrogen-bond donors (Lipinski definition) is 1. The van der Waals surface area contributed by atoms with E-state index in [0.717, 1.165) is 0 Å². The molecule has 1 aromatic rings. The summed E-state index contributed by atoms with van der Waals surface area (Å²) >= 11 is 0. The summed E-state index contributed by atoms with van der Waals surface area (Å²) in [4.78, 5) is 10.3. The number of rotatable bonds is 3. The molecule has 0 bridgehead atoms. The second-order valence-electron chi connectivity index (χ2n) is 4.57. The van der Waals surface area contributed by atoms with E-state index >= 15 is 0 Å². The van der Waals surface area contributed by atoms with Crippen molar-refractivity contribution in [2.75, 3.05) is 13.1 Å². The molecular formula is C11H15N3O4S. The highest BCUT2D eigenvalue weighted by Gasteiger charge is 2.33. The van der Waals surface area contributed by atoms with Crippen LogP contribution < -0.4 is 5.73 Å². The molecule has 0 saturated carbocycles. The summed E-state index contributed by atoms with van der Waals surface area (Å²) in [5.41, 5.74) is 5.67. The number of nitrogens with two attached hydrogens (primary N) is 1. The third-order valence-corrected chi connectivity index (χ3v) is 5.27. The van der Waals surface area contributed by atoms with E-state index in [0.29, 0.717) is 13.0 Å². The smallest absolute Gasteiger partial charge is 0.273 e. The van der Waals surface area contributed by atoms with Crippen LogP contribution in [0.15, 0.2) is 23.1 Å². The minimum absolute atomic E-state index is 0.0178. The molecule has 1 saturated heterocycles. The van der Waals surface area contributed by atoms with Gasteiger partial charge in [-0.2, -0.15) is 4.31 Å². The molecule has 1 aliphatic rings. The fraction of sp³-hybridized carbons (Fsp3) is 0.455. The van der Waals surface area contributed by atoms with E-state index in [4.69, 9.17) is 5.73 Å². The molecule has 104 valence electrons. The molecule has 7 nitrogen and oxygen atoms in total. The first kappa shape index (κ1) is 13.9. The summed E-state index contributed by atoms with van der Waals surface area (Å²) in [6.07, 6.45) is 0.604. The van der Waals surface area contributed by atoms with E-state index in [1.54, 1.807) is 0 Å². The Balaban J connectivity index is 2.47. The van der Waals surface area contributed by atoms with Crippen molar-refractivity contribution < 1.29 is 13.3 Å². The van der Waals surface area contributed by atoms with Gasteiger partial charge in [-0.1, -0.05) is 6.07 Å². The van der Waals surface area contributed by atoms with Crippen LogP contribution in [0.4, 0.5) is 5.69 Å². The number of nitro benzene ring substituents is 1. The number of sulfonamides is 1. The van der Waals surface area contributed by atoms with Crippen molar-refractivity contribution in [3.05, 3.63) is 33.9 Å². The van der Waals surface area contributed by atoms with E-state index in [9.17, 15) is 18.5 Å². The van der Waals surface area contributed by atoms with Gasteiger partial charge < -0.3 is 5.73 Å². The number of hydrogen-bond acceptors (Lipinski definition) is 5. The summed E-state index contributed by atoms with van der Waals surface area (Å²) in [5.74, 6) is 0. The molecule has 1 aliphatic heterocycles. The lowest BCUT2D eigenvalue weighted by atomic mass is 10.2. The Morgan fingerprint density at radius 2 is 2.16 bits per heavy atom. The lowest BCUT2D eigenvalue weighted by Crippen LogP contribution is -2.32. The van der Waals surface area contributed by atoms with E-state index < -0.39 is 14.9 Å². The topological polar surface area (TPSA) is 107 Å². The van der Waals surface area contributed by atoms with Crippen molar-refractivity contribution in [3.8, 4) is 0 Å². The van der Waals surface area contributed by atoms with Gasteiger partial charge in [-0.3, -0.25) is 10.1 Å². The largest absolute Gasteiger partial charge is 0.326 e. The molecule has 0 aromatic heterocycles. The van der Waals surface area contributed by atoms with Crippen LogP contribution >= 0.6 is 0 Å². The maximum Gasteiger partial charge on any atom is 0.273 e. The molecule has 1 aromatic carbocycles. The first-order valence-electron chi connectivity index (χ1n) is 5.84. The zero-order valence-corrected chi connectivity index (χ0v) is 11.3. The van der Waals surface area contributed by atoms with Crippen molar-refractivity contribution in [1.82, 2.24) is 4.31 Å². The zero-order chi connectivity index (χ0) is 14.2. The number of nitro groups is 1. The molecule has 19 heavy (non-hydrogen) atoms. The van der Waals surface area contributed by atoms with Gasteiger partial charge in [0.25, 0.3) is 5.69 Å². The maximum atomic E-state index is 12.4. The van der Waals surface area contributed by atoms with Crippen LogP contribution in [0.1, 0.15) is 12.0 Å². The van der Waals surface area contributed by atoms with Gasteiger partial charge in [0.15, 0.2) is 0 Å². The van der Waals surface area contributed by atoms with Crippen molar-refractivity contribution in [3.63, 3.8) is 0 Å². The molecule has 8 heteroatoms. The van der Waals surface area contributed by atoms with Gasteiger partial charge in [-0.25, -0.2) is 8.42 Å². The van der Waals surface area contributed by atoms with Crippen LogP contribution in [0.25, 0.3) is 0 Å². The number of nitrogens with zero attached hydrogens (tertiary/aromatic N) is 2. The molecule has 0 spiro atoms. The van der Waals surface area contributed by atoms with Gasteiger partial charge in [0, 0.05) is 30.8 Å². The Morgan fingerprint density at radius 1 is 1.47 bits per heavy atom. The van der Waals surface area contributed by atoms with Crippen LogP contribution in [0.3, 0.4) is 0 Å². The van der Waals surface area contributed by atoms with Gasteiger partial charge in [0.05, 0.1) is 9.82 Å². The highest BCUT2D eigenvalue weighted by molar-refractivity contribution is 7.89. The van der Waals surface area contributed by atoms with Gasteiger partial charge in [-0.15, -0.1) is 0 Å². The predicted molar refractivity (Wildman–Crippen MR) is 69.2 cm³/mol. The number of benzene rings is 1. The molecule has 0 aliphatic carbocycles. The third kappa shape index (κ3) is 2.46. The van der Waals surface area contributed by atoms with E-state index in [2.05, 4.69) is 0 Å². The first-order chi connectivity index (χ1) is 8.84. The average Bonchev–Trinajstić information content (AvgIpc) is 2.76. The lowest BCUT2D eigenvalue weighted by Gasteiger charge is -2.17. The van der Waals surface area contributed by atoms with Gasteiger partial charge in [-0.05, 0) is 19.4 Å². The Labute approximate surface area is 111 Å². The zero-order valence-electron chi connectivity index (χ0n) is 10.4. The van der Waals surface area contributed by atoms with Gasteiger partial charge in [0.1, 0.15) is 0 Å². The Morgan fingerprint density at radius 3 is 2.68 bits per heavy atom. The second-order valence-corrected chi connectivity index (χ2v) is 6.48. The van der Waals surface area contributed by atoms with Crippen molar-refractivity contribution >= 4 is 15.7 Å². The molecule has 0 radical (unpaired) electrons. The molecule has 1 atom stereocenters. The van der Waals surface area contributed by atoms with Crippen molar-refractivity contribution in [2.45, 2.75) is 24.3 Å². The highest BCUT2D eigenvalue weighted by Crippen LogP contribution is 2.28. The van der Waals surface area contributed by atoms with E-state index in [1.807, 2.05) is 0 Å². The van der Waals surface area contributed by atoms with Gasteiger partial charge in [0.2, 0.25) is 10.0 Å². The van der Waals surface area contributed by atoms with Crippen molar-refractivity contribution in [2.24, 2.45) is 5.73 Å². The molecule has 0 amide bonds. The Kier molecular flexibility index (Phi) is 3.57. The monoisotopic (exact) mass is 285 g/mol. The van der Waals surface area contributed by atoms with Gasteiger partial charge >= 0.3 is 0 Å². The third-order valence-electron chi connectivity index (χ3n) is 3.26. The normalized spacial score (nSPS) is 20.6. The van der Waals surface area contributed by atoms with E-state index in [-0.39, 0.29) is 28.7 Å². The fourth-order valence-electron chi connectivity index (χ4n) is 2.19. The predicted octanol–water partition coefficient (Wildman–Crippen LogP) is 0.625. The molecule has 2 N–H and O–H groups in total. The van der Waals surface area contributed by atoms with Crippen LogP contribution in [-0.4, -0.2) is 36.8 Å². The summed E-state index contributed by atoms with van der Waals surface area (Å²) < 4.78 is 26.1. The average molecular weight is 285 g/mol. The molecule has 1 unspecified atom stereocenters. The summed E-state index contributed by atoms with van der Waals surface area (Å²) in [5, 5.41) is 10.9. The fourth-order valence-corrected chi connectivity index (χ4v) is 3.95. The van der Waals surface area contributed by atoms with Crippen LogP contribution in [-0.2, 0) is 10.0 Å². The standard InChI is InChI=1S/C11H15N3O4S/c1-8-10(14(15)16)3-2-4-11(8)19(17,18)13-6-5-9(12)7-13/h2-4,9H,5-7,12H2,1H3. The summed E-state index contributed by atoms with van der Waals surface area (Å²) in [7, 11) is -3.71. The lowest BCUT2D eigenvalue weighted by molar-refractivity contribution is -0.385. The first-order valence-corrected chi connectivity index (χ1v) is 7.28. The minimum Gasteiger partial charge on any atom is -0.326 e. The second kappa shape index (κ2) is 4.87. The van der Waals surface area contributed by atoms with Crippen LogP contribution in [0, 0.1) is 17.0 Å². The van der Waals surface area contributed by atoms with Crippen LogP contribution in [0.5, 0.6) is 0 Å². The van der Waals surface area contributed by atoms with E-state index in [1.165, 1.54) is 29.4 Å². The molecular weight excluding hydrogens is 270 g/mol. The maximum absolute atomic E-state index is 12.4. The summed E-state index contributed by atoms with van der Waals surface area (Å²) in [6.45, 7) is 2.05. The molecule has 2 rings (SSSR count). The Hall–Kier alpha value is -1.51. The molecule has 1 heterocycles. The SMILES string of the molecule is Cc1c([N+](=O)[O-])cccc1S(=O)(=O)N1CCC(N)C1. The Bertz CT molecular complexity index is 614. The molecule has 1 fully saturated rings. The minimum atomic E-state index is -3.71.